The van der Waals surface area contributed by atoms with Crippen molar-refractivity contribution < 1.29 is 35.5 Å². The van der Waals surface area contributed by atoms with Crippen molar-refractivity contribution in [2.75, 3.05) is 0 Å². The lowest BCUT2D eigenvalue weighted by atomic mass is 10.2. The third-order valence-electron chi connectivity index (χ3n) is 2.28. The fourth-order valence-electron chi connectivity index (χ4n) is 1.34. The van der Waals surface area contributed by atoms with Crippen molar-refractivity contribution in [3.63, 3.8) is 0 Å². The first kappa shape index (κ1) is 14.2. The molecule has 0 N–H and O–H groups in total. The molecule has 2 aromatic carbocycles. The van der Waals surface area contributed by atoms with E-state index in [2.05, 4.69) is 4.74 Å². The Morgan fingerprint density at radius 3 is 1.70 bits per heavy atom. The van der Waals surface area contributed by atoms with E-state index in [1.807, 2.05) is 0 Å². The fourth-order valence-corrected chi connectivity index (χ4v) is 1.34. The molecule has 0 spiro atoms. The number of hydrogen-bond donors (Lipinski definition) is 0. The largest absolute Gasteiger partial charge is 0.448 e. The number of benzene rings is 2. The van der Waals surface area contributed by atoms with Gasteiger partial charge in [-0.3, -0.25) is 0 Å². The van der Waals surface area contributed by atoms with Crippen LogP contribution in [-0.4, -0.2) is 0 Å². The molecule has 2 aromatic rings. The topological polar surface area (TPSA) is 9.23 Å². The molecule has 1 nitrogen and oxygen atoms in total. The first-order chi connectivity index (χ1) is 9.32. The highest BCUT2D eigenvalue weighted by atomic mass is 19.2. The second-order valence-corrected chi connectivity index (χ2v) is 3.57. The third kappa shape index (κ3) is 2.28. The van der Waals surface area contributed by atoms with Gasteiger partial charge in [0.15, 0.2) is 29.0 Å². The predicted molar refractivity (Wildman–Crippen MR) is 52.7 cm³/mol. The molecule has 0 heterocycles. The molecule has 0 amide bonds. The van der Waals surface area contributed by atoms with Gasteiger partial charge in [0.05, 0.1) is 0 Å². The van der Waals surface area contributed by atoms with Gasteiger partial charge in [0.1, 0.15) is 0 Å². The molecule has 2 rings (SSSR count). The molecular formula is C12H3F7O. The maximum Gasteiger partial charge on any atom is 0.204 e. The van der Waals surface area contributed by atoms with Gasteiger partial charge in [-0.1, -0.05) is 0 Å². The molecule has 0 fully saturated rings. The SMILES string of the molecule is Fc1ccc(Oc2c(F)c(F)cc(F)c2F)c(F)c1F. The van der Waals surface area contributed by atoms with Gasteiger partial charge >= 0.3 is 0 Å². The highest BCUT2D eigenvalue weighted by molar-refractivity contribution is 5.35. The first-order valence-electron chi connectivity index (χ1n) is 4.97. The molecular weight excluding hydrogens is 293 g/mol. The zero-order valence-electron chi connectivity index (χ0n) is 9.29. The smallest absolute Gasteiger partial charge is 0.204 e. The molecule has 0 unspecified atom stereocenters. The van der Waals surface area contributed by atoms with E-state index in [9.17, 15) is 30.7 Å². The second kappa shape index (κ2) is 5.03. The van der Waals surface area contributed by atoms with Crippen LogP contribution < -0.4 is 4.74 Å². The van der Waals surface area contributed by atoms with Crippen LogP contribution in [0.15, 0.2) is 18.2 Å². The van der Waals surface area contributed by atoms with Gasteiger partial charge in [-0.05, 0) is 12.1 Å². The third-order valence-corrected chi connectivity index (χ3v) is 2.28. The van der Waals surface area contributed by atoms with Crippen LogP contribution in [0.3, 0.4) is 0 Å². The number of hydrogen-bond acceptors (Lipinski definition) is 1. The fraction of sp³-hybridized carbons (Fsp3) is 0. The lowest BCUT2D eigenvalue weighted by Crippen LogP contribution is -2.02. The summed E-state index contributed by atoms with van der Waals surface area (Å²) in [5, 5.41) is 0. The highest BCUT2D eigenvalue weighted by Gasteiger charge is 2.23. The van der Waals surface area contributed by atoms with E-state index < -0.39 is 52.2 Å². The van der Waals surface area contributed by atoms with E-state index in [4.69, 9.17) is 0 Å². The summed E-state index contributed by atoms with van der Waals surface area (Å²) in [6, 6.07) is 0.841. The Kier molecular flexibility index (Phi) is 3.56. The molecule has 0 bridgehead atoms. The summed E-state index contributed by atoms with van der Waals surface area (Å²) in [5.41, 5.74) is 0. The van der Waals surface area contributed by atoms with Gasteiger partial charge in [-0.15, -0.1) is 0 Å². The number of halogens is 7. The molecule has 8 heteroatoms. The van der Waals surface area contributed by atoms with Gasteiger partial charge < -0.3 is 4.74 Å². The molecule has 106 valence electrons. The Morgan fingerprint density at radius 2 is 1.15 bits per heavy atom. The van der Waals surface area contributed by atoms with Crippen molar-refractivity contribution in [1.82, 2.24) is 0 Å². The van der Waals surface area contributed by atoms with Crippen molar-refractivity contribution >= 4 is 0 Å². The molecule has 0 saturated carbocycles. The lowest BCUT2D eigenvalue weighted by Gasteiger charge is -2.10. The van der Waals surface area contributed by atoms with E-state index in [0.717, 1.165) is 0 Å². The minimum Gasteiger partial charge on any atom is -0.448 e. The Balaban J connectivity index is 2.54. The Bertz CT molecular complexity index is 658. The summed E-state index contributed by atoms with van der Waals surface area (Å²) in [4.78, 5) is 0. The predicted octanol–water partition coefficient (Wildman–Crippen LogP) is 4.45. The normalized spacial score (nSPS) is 10.8. The summed E-state index contributed by atoms with van der Waals surface area (Å²) < 4.78 is 95.3. The van der Waals surface area contributed by atoms with Gasteiger partial charge in [0.25, 0.3) is 0 Å². The molecule has 0 radical (unpaired) electrons. The van der Waals surface area contributed by atoms with Crippen LogP contribution >= 0.6 is 0 Å². The second-order valence-electron chi connectivity index (χ2n) is 3.57. The van der Waals surface area contributed by atoms with Crippen LogP contribution in [0.5, 0.6) is 11.5 Å². The van der Waals surface area contributed by atoms with E-state index in [-0.39, 0.29) is 6.07 Å². The molecule has 0 atom stereocenters. The quantitative estimate of drug-likeness (QED) is 0.452. The summed E-state index contributed by atoms with van der Waals surface area (Å²) in [5.74, 6) is -15.6. The molecule has 0 aliphatic rings. The minimum absolute atomic E-state index is 0.0842. The Labute approximate surface area is 107 Å². The molecule has 0 aliphatic carbocycles. The van der Waals surface area contributed by atoms with E-state index >= 15 is 0 Å². The van der Waals surface area contributed by atoms with Crippen LogP contribution in [0, 0.1) is 40.7 Å². The van der Waals surface area contributed by atoms with Gasteiger partial charge in [0, 0.05) is 6.07 Å². The number of ether oxygens (including phenoxy) is 1. The maximum atomic E-state index is 13.2. The van der Waals surface area contributed by atoms with Gasteiger partial charge in [0.2, 0.25) is 23.2 Å². The standard InChI is InChI=1S/C12H3F7O/c13-4-1-2-7(11(19)8(4)16)20-12-9(17)5(14)3-6(15)10(12)18/h1-3H. The summed E-state index contributed by atoms with van der Waals surface area (Å²) in [7, 11) is 0. The molecule has 0 aromatic heterocycles. The van der Waals surface area contributed by atoms with Gasteiger partial charge in [-0.25, -0.2) is 17.6 Å². The summed E-state index contributed by atoms with van der Waals surface area (Å²) in [6.07, 6.45) is 0. The van der Waals surface area contributed by atoms with E-state index in [1.54, 1.807) is 0 Å². The van der Waals surface area contributed by atoms with Crippen molar-refractivity contribution in [2.24, 2.45) is 0 Å². The highest BCUT2D eigenvalue weighted by Crippen LogP contribution is 2.33. The lowest BCUT2D eigenvalue weighted by molar-refractivity contribution is 0.343. The van der Waals surface area contributed by atoms with E-state index in [0.29, 0.717) is 12.1 Å². The van der Waals surface area contributed by atoms with Crippen molar-refractivity contribution in [2.45, 2.75) is 0 Å². The van der Waals surface area contributed by atoms with Crippen LogP contribution in [0.4, 0.5) is 30.7 Å². The maximum absolute atomic E-state index is 13.2. The zero-order valence-corrected chi connectivity index (χ0v) is 9.29. The van der Waals surface area contributed by atoms with Crippen LogP contribution in [0.25, 0.3) is 0 Å². The molecule has 0 saturated heterocycles. The van der Waals surface area contributed by atoms with Gasteiger partial charge in [-0.2, -0.15) is 13.2 Å². The summed E-state index contributed by atoms with van der Waals surface area (Å²) >= 11 is 0. The molecule has 0 aliphatic heterocycles. The van der Waals surface area contributed by atoms with Crippen molar-refractivity contribution in [3.8, 4) is 11.5 Å². The molecule has 20 heavy (non-hydrogen) atoms. The van der Waals surface area contributed by atoms with Crippen LogP contribution in [-0.2, 0) is 0 Å². The van der Waals surface area contributed by atoms with Crippen molar-refractivity contribution in [1.29, 1.82) is 0 Å². The van der Waals surface area contributed by atoms with E-state index in [1.165, 1.54) is 0 Å². The monoisotopic (exact) mass is 296 g/mol. The minimum atomic E-state index is -1.96. The van der Waals surface area contributed by atoms with Crippen LogP contribution in [0.1, 0.15) is 0 Å². The summed E-state index contributed by atoms with van der Waals surface area (Å²) in [6.45, 7) is 0. The average Bonchev–Trinajstić information content (AvgIpc) is 2.41. The first-order valence-corrected chi connectivity index (χ1v) is 4.97. The number of rotatable bonds is 2. The average molecular weight is 296 g/mol. The Morgan fingerprint density at radius 1 is 0.600 bits per heavy atom. The van der Waals surface area contributed by atoms with Crippen LogP contribution in [0.2, 0.25) is 0 Å². The zero-order chi connectivity index (χ0) is 15.0. The van der Waals surface area contributed by atoms with Crippen molar-refractivity contribution in [3.05, 3.63) is 58.9 Å². The Hall–Kier alpha value is -2.25.